The molecule has 0 radical (unpaired) electrons. The van der Waals surface area contributed by atoms with Crippen molar-refractivity contribution in [3.8, 4) is 0 Å². The van der Waals surface area contributed by atoms with Crippen molar-refractivity contribution in [3.05, 3.63) is 71.8 Å². The Bertz CT molecular complexity index is 743. The molecule has 0 aromatic heterocycles. The maximum Gasteiger partial charge on any atom is 0.416 e. The zero-order chi connectivity index (χ0) is 17.9. The lowest BCUT2D eigenvalue weighted by molar-refractivity contribution is -0.134. The van der Waals surface area contributed by atoms with Crippen molar-refractivity contribution in [3.63, 3.8) is 0 Å². The minimum atomic E-state index is -1.35. The Labute approximate surface area is 146 Å². The molecule has 5 nitrogen and oxygen atoms in total. The molecular weight excluding hydrogens is 318 g/mol. The van der Waals surface area contributed by atoms with Crippen LogP contribution in [0.1, 0.15) is 24.5 Å². The number of hydrogen-bond acceptors (Lipinski definition) is 4. The average molecular weight is 339 g/mol. The second-order valence-electron chi connectivity index (χ2n) is 6.50. The number of carbonyl (C=O) groups excluding carboxylic acids is 2. The average Bonchev–Trinajstić information content (AvgIpc) is 2.96. The van der Waals surface area contributed by atoms with E-state index >= 15 is 0 Å². The molecule has 0 aliphatic carbocycles. The van der Waals surface area contributed by atoms with E-state index in [1.54, 1.807) is 31.2 Å². The highest BCUT2D eigenvalue weighted by Crippen LogP contribution is 2.27. The second kappa shape index (κ2) is 7.07. The fraction of sp³-hybridized carbons (Fsp3) is 0.300. The molecule has 0 unspecified atom stereocenters. The summed E-state index contributed by atoms with van der Waals surface area (Å²) < 4.78 is 5.08. The lowest BCUT2D eigenvalue weighted by Crippen LogP contribution is -2.43. The molecule has 1 saturated heterocycles. The molecular formula is C20H21NO4. The SMILES string of the molecule is C[C@](O)(CC(=O)N1C(=O)OC[C@@H]1Cc1ccccc1)c1ccccc1. The monoisotopic (exact) mass is 339 g/mol. The van der Waals surface area contributed by atoms with Crippen molar-refractivity contribution in [2.24, 2.45) is 0 Å². The normalized spacial score (nSPS) is 19.4. The van der Waals surface area contributed by atoms with Crippen LogP contribution in [0.3, 0.4) is 0 Å². The van der Waals surface area contributed by atoms with Gasteiger partial charge >= 0.3 is 6.09 Å². The summed E-state index contributed by atoms with van der Waals surface area (Å²) in [5.41, 5.74) is 0.312. The van der Waals surface area contributed by atoms with Gasteiger partial charge in [-0.15, -0.1) is 0 Å². The molecule has 5 heteroatoms. The van der Waals surface area contributed by atoms with Gasteiger partial charge in [0, 0.05) is 0 Å². The van der Waals surface area contributed by atoms with Gasteiger partial charge in [0.25, 0.3) is 0 Å². The number of imide groups is 1. The molecule has 130 valence electrons. The smallest absolute Gasteiger partial charge is 0.416 e. The number of cyclic esters (lactones) is 1. The molecule has 2 aromatic rings. The van der Waals surface area contributed by atoms with Gasteiger partial charge in [-0.1, -0.05) is 60.7 Å². The third kappa shape index (κ3) is 3.88. The Balaban J connectivity index is 1.74. The molecule has 25 heavy (non-hydrogen) atoms. The molecule has 0 bridgehead atoms. The molecule has 1 heterocycles. The van der Waals surface area contributed by atoms with Gasteiger partial charge in [-0.2, -0.15) is 0 Å². The fourth-order valence-corrected chi connectivity index (χ4v) is 3.08. The Morgan fingerprint density at radius 3 is 2.40 bits per heavy atom. The van der Waals surface area contributed by atoms with Crippen molar-refractivity contribution < 1.29 is 19.4 Å². The molecule has 2 aromatic carbocycles. The first kappa shape index (κ1) is 17.2. The number of benzene rings is 2. The van der Waals surface area contributed by atoms with Crippen LogP contribution >= 0.6 is 0 Å². The minimum Gasteiger partial charge on any atom is -0.447 e. The van der Waals surface area contributed by atoms with E-state index in [1.807, 2.05) is 36.4 Å². The summed E-state index contributed by atoms with van der Waals surface area (Å²) >= 11 is 0. The van der Waals surface area contributed by atoms with Crippen LogP contribution in [0.25, 0.3) is 0 Å². The number of hydrogen-bond donors (Lipinski definition) is 1. The van der Waals surface area contributed by atoms with Crippen molar-refractivity contribution in [1.82, 2.24) is 4.90 Å². The number of nitrogens with zero attached hydrogens (tertiary/aromatic N) is 1. The van der Waals surface area contributed by atoms with Gasteiger partial charge in [0.05, 0.1) is 18.1 Å². The molecule has 1 aliphatic heterocycles. The maximum absolute atomic E-state index is 12.7. The highest BCUT2D eigenvalue weighted by atomic mass is 16.6. The molecule has 1 aliphatic rings. The van der Waals surface area contributed by atoms with Crippen molar-refractivity contribution >= 4 is 12.0 Å². The lowest BCUT2D eigenvalue weighted by atomic mass is 9.91. The first-order valence-electron chi connectivity index (χ1n) is 8.28. The lowest BCUT2D eigenvalue weighted by Gasteiger charge is -2.27. The van der Waals surface area contributed by atoms with Gasteiger partial charge in [0.2, 0.25) is 5.91 Å². The van der Waals surface area contributed by atoms with Crippen LogP contribution in [-0.2, 0) is 21.6 Å². The van der Waals surface area contributed by atoms with Crippen molar-refractivity contribution in [1.29, 1.82) is 0 Å². The summed E-state index contributed by atoms with van der Waals surface area (Å²) in [5, 5.41) is 10.7. The zero-order valence-electron chi connectivity index (χ0n) is 14.1. The Morgan fingerprint density at radius 1 is 1.16 bits per heavy atom. The van der Waals surface area contributed by atoms with Gasteiger partial charge in [-0.3, -0.25) is 4.79 Å². The molecule has 2 amide bonds. The van der Waals surface area contributed by atoms with E-state index in [4.69, 9.17) is 4.74 Å². The summed E-state index contributed by atoms with van der Waals surface area (Å²) in [6, 6.07) is 18.3. The Morgan fingerprint density at radius 2 is 1.76 bits per heavy atom. The molecule has 2 atom stereocenters. The van der Waals surface area contributed by atoms with Crippen molar-refractivity contribution in [2.75, 3.05) is 6.61 Å². The number of carbonyl (C=O) groups is 2. The predicted molar refractivity (Wildman–Crippen MR) is 92.8 cm³/mol. The van der Waals surface area contributed by atoms with Crippen LogP contribution in [0.2, 0.25) is 0 Å². The van der Waals surface area contributed by atoms with Crippen LogP contribution in [0.5, 0.6) is 0 Å². The topological polar surface area (TPSA) is 66.8 Å². The standard InChI is InChI=1S/C20H21NO4/c1-20(24,16-10-6-3-7-11-16)13-18(22)21-17(14-25-19(21)23)12-15-8-4-2-5-9-15/h2-11,17,24H,12-14H2,1H3/t17-,20-/m0/s1. The van der Waals surface area contributed by atoms with E-state index < -0.39 is 17.6 Å². The first-order chi connectivity index (χ1) is 12.0. The van der Waals surface area contributed by atoms with Crippen molar-refractivity contribution in [2.45, 2.75) is 31.4 Å². The van der Waals surface area contributed by atoms with E-state index in [1.165, 1.54) is 0 Å². The third-order valence-electron chi connectivity index (χ3n) is 4.44. The number of ether oxygens (including phenoxy) is 1. The first-order valence-corrected chi connectivity index (χ1v) is 8.28. The number of rotatable bonds is 5. The Kier molecular flexibility index (Phi) is 4.86. The van der Waals surface area contributed by atoms with Gasteiger partial charge in [-0.25, -0.2) is 9.69 Å². The predicted octanol–water partition coefficient (Wildman–Crippen LogP) is 2.87. The van der Waals surface area contributed by atoms with E-state index in [-0.39, 0.29) is 19.1 Å². The van der Waals surface area contributed by atoms with Crippen LogP contribution in [0.15, 0.2) is 60.7 Å². The Hall–Kier alpha value is -2.66. The van der Waals surface area contributed by atoms with Crippen LogP contribution in [0, 0.1) is 0 Å². The fourth-order valence-electron chi connectivity index (χ4n) is 3.08. The number of aliphatic hydroxyl groups is 1. The van der Waals surface area contributed by atoms with Gasteiger partial charge < -0.3 is 9.84 Å². The second-order valence-corrected chi connectivity index (χ2v) is 6.50. The summed E-state index contributed by atoms with van der Waals surface area (Å²) in [6.07, 6.45) is -0.293. The van der Waals surface area contributed by atoms with E-state index in [0.29, 0.717) is 12.0 Å². The molecule has 1 N–H and O–H groups in total. The molecule has 3 rings (SSSR count). The molecule has 1 fully saturated rings. The maximum atomic E-state index is 12.7. The minimum absolute atomic E-state index is 0.174. The van der Waals surface area contributed by atoms with Crippen LogP contribution < -0.4 is 0 Å². The van der Waals surface area contributed by atoms with Gasteiger partial charge in [0.1, 0.15) is 6.61 Å². The van der Waals surface area contributed by atoms with Crippen LogP contribution in [0.4, 0.5) is 4.79 Å². The number of amides is 2. The summed E-state index contributed by atoms with van der Waals surface area (Å²) in [4.78, 5) is 25.9. The van der Waals surface area contributed by atoms with E-state index in [9.17, 15) is 14.7 Å². The highest BCUT2D eigenvalue weighted by Gasteiger charge is 2.40. The van der Waals surface area contributed by atoms with E-state index in [0.717, 1.165) is 10.5 Å². The van der Waals surface area contributed by atoms with Crippen LogP contribution in [-0.4, -0.2) is 34.7 Å². The van der Waals surface area contributed by atoms with E-state index in [2.05, 4.69) is 0 Å². The third-order valence-corrected chi connectivity index (χ3v) is 4.44. The quantitative estimate of drug-likeness (QED) is 0.909. The summed E-state index contributed by atoms with van der Waals surface area (Å²) in [7, 11) is 0. The summed E-state index contributed by atoms with van der Waals surface area (Å²) in [5.74, 6) is -0.433. The highest BCUT2D eigenvalue weighted by molar-refractivity contribution is 5.94. The largest absolute Gasteiger partial charge is 0.447 e. The van der Waals surface area contributed by atoms with Gasteiger partial charge in [-0.05, 0) is 24.5 Å². The molecule has 0 spiro atoms. The zero-order valence-corrected chi connectivity index (χ0v) is 14.1. The molecule has 0 saturated carbocycles. The van der Waals surface area contributed by atoms with Gasteiger partial charge in [0.15, 0.2) is 0 Å². The summed E-state index contributed by atoms with van der Waals surface area (Å²) in [6.45, 7) is 1.75.